The van der Waals surface area contributed by atoms with Crippen LogP contribution >= 0.6 is 0 Å². The molecule has 0 amide bonds. The Bertz CT molecular complexity index is 129. The Kier molecular flexibility index (Phi) is 4.48. The summed E-state index contributed by atoms with van der Waals surface area (Å²) in [5, 5.41) is 0. The van der Waals surface area contributed by atoms with Crippen molar-refractivity contribution in [3.63, 3.8) is 0 Å². The van der Waals surface area contributed by atoms with Crippen molar-refractivity contribution in [3.8, 4) is 0 Å². The van der Waals surface area contributed by atoms with Crippen molar-refractivity contribution in [2.45, 2.75) is 41.5 Å². The molecule has 0 fully saturated rings. The van der Waals surface area contributed by atoms with Crippen molar-refractivity contribution in [2.75, 3.05) is 0 Å². The van der Waals surface area contributed by atoms with Gasteiger partial charge in [0.2, 0.25) is 0 Å². The quantitative estimate of drug-likeness (QED) is 0.541. The lowest BCUT2D eigenvalue weighted by atomic mass is 9.93. The van der Waals surface area contributed by atoms with Crippen molar-refractivity contribution >= 4 is 0 Å². The zero-order valence-electron chi connectivity index (χ0n) is 8.81. The van der Waals surface area contributed by atoms with E-state index in [2.05, 4.69) is 47.6 Å². The molecule has 66 valence electrons. The molecular weight excluding hydrogens is 132 g/mol. The van der Waals surface area contributed by atoms with E-state index in [0.717, 1.165) is 11.8 Å². The molecule has 0 nitrogen and oxygen atoms in total. The Morgan fingerprint density at radius 3 is 1.73 bits per heavy atom. The Morgan fingerprint density at radius 1 is 1.00 bits per heavy atom. The molecule has 11 heavy (non-hydrogen) atoms. The Morgan fingerprint density at radius 2 is 1.45 bits per heavy atom. The summed E-state index contributed by atoms with van der Waals surface area (Å²) < 4.78 is 0. The van der Waals surface area contributed by atoms with Gasteiger partial charge in [-0.15, -0.1) is 0 Å². The summed E-state index contributed by atoms with van der Waals surface area (Å²) in [7, 11) is 0. The third kappa shape index (κ3) is 4.23. The van der Waals surface area contributed by atoms with Gasteiger partial charge in [0.1, 0.15) is 0 Å². The molecule has 0 saturated heterocycles. The molecule has 0 saturated carbocycles. The second-order valence-electron chi connectivity index (χ2n) is 4.17. The van der Waals surface area contributed by atoms with Crippen LogP contribution in [0, 0.1) is 17.8 Å². The third-order valence-electron chi connectivity index (χ3n) is 2.49. The van der Waals surface area contributed by atoms with Gasteiger partial charge >= 0.3 is 0 Å². The van der Waals surface area contributed by atoms with Gasteiger partial charge in [0.05, 0.1) is 0 Å². The topological polar surface area (TPSA) is 0 Å². The molecule has 0 radical (unpaired) electrons. The Hall–Kier alpha value is -0.260. The maximum absolute atomic E-state index is 2.40. The first-order valence-corrected chi connectivity index (χ1v) is 4.63. The smallest absolute Gasteiger partial charge is 0.0236 e. The van der Waals surface area contributed by atoms with E-state index in [1.54, 1.807) is 0 Å². The van der Waals surface area contributed by atoms with Gasteiger partial charge in [0, 0.05) is 0 Å². The minimum absolute atomic E-state index is 0.705. The minimum Gasteiger partial charge on any atom is -0.0823 e. The summed E-state index contributed by atoms with van der Waals surface area (Å²) in [5.74, 6) is 2.19. The van der Waals surface area contributed by atoms with Crippen LogP contribution in [0.3, 0.4) is 0 Å². The highest BCUT2D eigenvalue weighted by atomic mass is 14.1. The Labute approximate surface area is 71.7 Å². The average Bonchev–Trinajstić information content (AvgIpc) is 1.87. The van der Waals surface area contributed by atoms with Crippen LogP contribution in [0.4, 0.5) is 0 Å². The number of allylic oxidation sites excluding steroid dienone is 2. The standard InChI is InChI=1S/C11H22/c1-8(2)10(5)7-11(6)9(3)4/h7-10H,1-6H3/b11-7+. The van der Waals surface area contributed by atoms with E-state index in [1.807, 2.05) is 0 Å². The van der Waals surface area contributed by atoms with Gasteiger partial charge in [-0.3, -0.25) is 0 Å². The first-order chi connectivity index (χ1) is 4.95. The molecular formula is C11H22. The van der Waals surface area contributed by atoms with Crippen molar-refractivity contribution < 1.29 is 0 Å². The average molecular weight is 154 g/mol. The summed E-state index contributed by atoms with van der Waals surface area (Å²) in [5.41, 5.74) is 1.52. The molecule has 0 bridgehead atoms. The molecule has 0 aliphatic carbocycles. The molecule has 1 atom stereocenters. The van der Waals surface area contributed by atoms with Gasteiger partial charge in [-0.25, -0.2) is 0 Å². The number of hydrogen-bond acceptors (Lipinski definition) is 0. The summed E-state index contributed by atoms with van der Waals surface area (Å²) in [6.45, 7) is 13.6. The molecule has 0 aromatic heterocycles. The van der Waals surface area contributed by atoms with Gasteiger partial charge in [-0.1, -0.05) is 46.3 Å². The lowest BCUT2D eigenvalue weighted by molar-refractivity contribution is 0.497. The highest BCUT2D eigenvalue weighted by molar-refractivity contribution is 5.03. The fraction of sp³-hybridized carbons (Fsp3) is 0.818. The molecule has 0 rings (SSSR count). The molecule has 0 aliphatic heterocycles. The predicted octanol–water partition coefficient (Wildman–Crippen LogP) is 3.88. The van der Waals surface area contributed by atoms with Crippen molar-refractivity contribution in [1.29, 1.82) is 0 Å². The monoisotopic (exact) mass is 154 g/mol. The van der Waals surface area contributed by atoms with E-state index in [9.17, 15) is 0 Å². The van der Waals surface area contributed by atoms with Crippen LogP contribution in [-0.2, 0) is 0 Å². The third-order valence-corrected chi connectivity index (χ3v) is 2.49. The molecule has 0 aromatic rings. The summed E-state index contributed by atoms with van der Waals surface area (Å²) in [6.07, 6.45) is 2.40. The molecule has 0 spiro atoms. The van der Waals surface area contributed by atoms with Crippen LogP contribution in [-0.4, -0.2) is 0 Å². The fourth-order valence-corrected chi connectivity index (χ4v) is 0.800. The largest absolute Gasteiger partial charge is 0.0823 e. The summed E-state index contributed by atoms with van der Waals surface area (Å²) >= 11 is 0. The lowest BCUT2D eigenvalue weighted by Gasteiger charge is -2.13. The van der Waals surface area contributed by atoms with E-state index in [-0.39, 0.29) is 0 Å². The van der Waals surface area contributed by atoms with Crippen LogP contribution in [0.25, 0.3) is 0 Å². The Balaban J connectivity index is 4.07. The first kappa shape index (κ1) is 10.7. The van der Waals surface area contributed by atoms with E-state index in [0.29, 0.717) is 5.92 Å². The van der Waals surface area contributed by atoms with Gasteiger partial charge in [0.25, 0.3) is 0 Å². The van der Waals surface area contributed by atoms with Gasteiger partial charge < -0.3 is 0 Å². The van der Waals surface area contributed by atoms with Crippen LogP contribution in [0.15, 0.2) is 11.6 Å². The number of rotatable bonds is 3. The lowest BCUT2D eigenvalue weighted by Crippen LogP contribution is -2.02. The van der Waals surface area contributed by atoms with Gasteiger partial charge in [0.15, 0.2) is 0 Å². The van der Waals surface area contributed by atoms with Crippen LogP contribution in [0.5, 0.6) is 0 Å². The van der Waals surface area contributed by atoms with Crippen LogP contribution in [0.1, 0.15) is 41.5 Å². The fourth-order valence-electron chi connectivity index (χ4n) is 0.800. The van der Waals surface area contributed by atoms with E-state index < -0.39 is 0 Å². The van der Waals surface area contributed by atoms with Crippen LogP contribution < -0.4 is 0 Å². The zero-order chi connectivity index (χ0) is 9.02. The highest BCUT2D eigenvalue weighted by Gasteiger charge is 2.04. The van der Waals surface area contributed by atoms with E-state index >= 15 is 0 Å². The van der Waals surface area contributed by atoms with Gasteiger partial charge in [-0.05, 0) is 24.7 Å². The SMILES string of the molecule is C/C(=C\C(C)C(C)C)C(C)C. The molecule has 0 heteroatoms. The van der Waals surface area contributed by atoms with E-state index in [4.69, 9.17) is 0 Å². The second-order valence-corrected chi connectivity index (χ2v) is 4.17. The minimum atomic E-state index is 0.705. The van der Waals surface area contributed by atoms with Gasteiger partial charge in [-0.2, -0.15) is 0 Å². The molecule has 0 aromatic carbocycles. The molecule has 0 heterocycles. The maximum Gasteiger partial charge on any atom is -0.0236 e. The van der Waals surface area contributed by atoms with Crippen molar-refractivity contribution in [1.82, 2.24) is 0 Å². The van der Waals surface area contributed by atoms with E-state index in [1.165, 1.54) is 5.57 Å². The molecule has 0 N–H and O–H groups in total. The van der Waals surface area contributed by atoms with Crippen molar-refractivity contribution in [3.05, 3.63) is 11.6 Å². The first-order valence-electron chi connectivity index (χ1n) is 4.63. The molecule has 0 aliphatic rings. The summed E-state index contributed by atoms with van der Waals surface area (Å²) in [6, 6.07) is 0. The number of hydrogen-bond donors (Lipinski definition) is 0. The van der Waals surface area contributed by atoms with Crippen LogP contribution in [0.2, 0.25) is 0 Å². The second kappa shape index (κ2) is 4.58. The normalized spacial score (nSPS) is 16.2. The summed E-state index contributed by atoms with van der Waals surface area (Å²) in [4.78, 5) is 0. The highest BCUT2D eigenvalue weighted by Crippen LogP contribution is 2.17. The maximum atomic E-state index is 2.40. The zero-order valence-corrected chi connectivity index (χ0v) is 8.81. The van der Waals surface area contributed by atoms with Crippen molar-refractivity contribution in [2.24, 2.45) is 17.8 Å². The predicted molar refractivity (Wildman–Crippen MR) is 52.6 cm³/mol. The molecule has 1 unspecified atom stereocenters.